The first kappa shape index (κ1) is 17.4. The normalized spacial score (nSPS) is 10.4. The molecule has 104 valence electrons. The molecule has 19 heavy (non-hydrogen) atoms. The number of rotatable bonds is 3. The Kier molecular flexibility index (Phi) is 10.6. The van der Waals surface area contributed by atoms with Crippen LogP contribution in [0.1, 0.15) is 51.7 Å². The predicted octanol–water partition coefficient (Wildman–Crippen LogP) is 6.09. The van der Waals surface area contributed by atoms with Crippen molar-refractivity contribution in [1.82, 2.24) is 0 Å². The Morgan fingerprint density at radius 1 is 0.684 bits per heavy atom. The summed E-state index contributed by atoms with van der Waals surface area (Å²) in [6.45, 7) is 10.3. The van der Waals surface area contributed by atoms with Crippen molar-refractivity contribution in [1.29, 1.82) is 0 Å². The molecule has 0 N–H and O–H groups in total. The molecule has 0 aliphatic rings. The molecule has 0 bridgehead atoms. The smallest absolute Gasteiger partial charge is 0.0150 e. The average Bonchev–Trinajstić information content (AvgIpc) is 2.53. The fourth-order valence-corrected chi connectivity index (χ4v) is 1.87. The zero-order chi connectivity index (χ0) is 14.5. The molecular weight excluding hydrogens is 228 g/mol. The molecule has 0 heteroatoms. The number of benzene rings is 2. The van der Waals surface area contributed by atoms with Crippen molar-refractivity contribution in [2.45, 2.75) is 47.0 Å². The summed E-state index contributed by atoms with van der Waals surface area (Å²) in [7, 11) is 0. The Balaban J connectivity index is 0.000000741. The second-order valence-corrected chi connectivity index (χ2v) is 4.00. The van der Waals surface area contributed by atoms with Crippen LogP contribution in [0.2, 0.25) is 0 Å². The first-order valence-corrected chi connectivity index (χ1v) is 7.45. The van der Waals surface area contributed by atoms with Gasteiger partial charge in [-0.2, -0.15) is 0 Å². The molecule has 0 fully saturated rings. The van der Waals surface area contributed by atoms with Crippen LogP contribution in [0, 0.1) is 0 Å². The molecule has 0 amide bonds. The van der Waals surface area contributed by atoms with E-state index in [2.05, 4.69) is 67.6 Å². The van der Waals surface area contributed by atoms with Gasteiger partial charge in [0.2, 0.25) is 0 Å². The minimum absolute atomic E-state index is 0.591. The van der Waals surface area contributed by atoms with Crippen LogP contribution in [-0.2, 0) is 6.42 Å². The van der Waals surface area contributed by atoms with E-state index in [4.69, 9.17) is 0 Å². The van der Waals surface area contributed by atoms with Gasteiger partial charge >= 0.3 is 0 Å². The zero-order valence-electron chi connectivity index (χ0n) is 13.1. The Labute approximate surface area is 119 Å². The monoisotopic (exact) mass is 256 g/mol. The molecule has 0 heterocycles. The van der Waals surface area contributed by atoms with Crippen LogP contribution in [0.5, 0.6) is 0 Å². The van der Waals surface area contributed by atoms with Gasteiger partial charge in [-0.1, -0.05) is 95.3 Å². The van der Waals surface area contributed by atoms with Crippen molar-refractivity contribution < 1.29 is 0 Å². The molecular formula is C19H28. The fraction of sp³-hybridized carbons (Fsp3) is 0.368. The van der Waals surface area contributed by atoms with Crippen molar-refractivity contribution in [2.75, 3.05) is 0 Å². The maximum atomic E-state index is 2.28. The third-order valence-electron chi connectivity index (χ3n) is 2.75. The summed E-state index contributed by atoms with van der Waals surface area (Å²) in [5.74, 6) is 0.591. The van der Waals surface area contributed by atoms with E-state index >= 15 is 0 Å². The first-order valence-electron chi connectivity index (χ1n) is 7.45. The maximum absolute atomic E-state index is 2.28. The van der Waals surface area contributed by atoms with E-state index in [0.29, 0.717) is 5.92 Å². The highest BCUT2D eigenvalue weighted by atomic mass is 14.1. The SMILES string of the molecule is CC.CC.CC(Cc1ccccc1)c1ccccc1. The molecule has 1 unspecified atom stereocenters. The molecule has 0 radical (unpaired) electrons. The summed E-state index contributed by atoms with van der Waals surface area (Å²) < 4.78 is 0. The fourth-order valence-electron chi connectivity index (χ4n) is 1.87. The molecule has 1 atom stereocenters. The lowest BCUT2D eigenvalue weighted by Crippen LogP contribution is -1.97. The van der Waals surface area contributed by atoms with Gasteiger partial charge in [0, 0.05) is 0 Å². The average molecular weight is 256 g/mol. The lowest BCUT2D eigenvalue weighted by Gasteiger charge is -2.11. The van der Waals surface area contributed by atoms with Crippen molar-refractivity contribution in [3.05, 3.63) is 71.8 Å². The van der Waals surface area contributed by atoms with Gasteiger partial charge in [-0.15, -0.1) is 0 Å². The topological polar surface area (TPSA) is 0 Å². The summed E-state index contributed by atoms with van der Waals surface area (Å²) in [5.41, 5.74) is 2.83. The highest BCUT2D eigenvalue weighted by Gasteiger charge is 2.04. The van der Waals surface area contributed by atoms with Gasteiger partial charge in [-0.05, 0) is 23.5 Å². The second kappa shape index (κ2) is 11.5. The molecule has 0 aromatic heterocycles. The zero-order valence-corrected chi connectivity index (χ0v) is 13.1. The second-order valence-electron chi connectivity index (χ2n) is 4.00. The van der Waals surface area contributed by atoms with E-state index in [1.807, 2.05) is 27.7 Å². The van der Waals surface area contributed by atoms with Crippen molar-refractivity contribution >= 4 is 0 Å². The molecule has 0 aliphatic carbocycles. The maximum Gasteiger partial charge on any atom is -0.0150 e. The van der Waals surface area contributed by atoms with Crippen LogP contribution < -0.4 is 0 Å². The third-order valence-corrected chi connectivity index (χ3v) is 2.75. The first-order chi connectivity index (χ1) is 9.36. The molecule has 2 rings (SSSR count). The lowest BCUT2D eigenvalue weighted by atomic mass is 9.94. The molecule has 0 saturated carbocycles. The predicted molar refractivity (Wildman–Crippen MR) is 87.7 cm³/mol. The minimum Gasteiger partial charge on any atom is -0.0683 e. The van der Waals surface area contributed by atoms with Gasteiger partial charge in [0.25, 0.3) is 0 Å². The molecule has 2 aromatic rings. The Bertz CT molecular complexity index is 389. The van der Waals surface area contributed by atoms with Gasteiger partial charge in [0.15, 0.2) is 0 Å². The summed E-state index contributed by atoms with van der Waals surface area (Å²) in [5, 5.41) is 0. The molecule has 0 saturated heterocycles. The quantitative estimate of drug-likeness (QED) is 0.623. The number of hydrogen-bond acceptors (Lipinski definition) is 0. The van der Waals surface area contributed by atoms with E-state index in [1.54, 1.807) is 0 Å². The Hall–Kier alpha value is -1.56. The highest BCUT2D eigenvalue weighted by Crippen LogP contribution is 2.19. The minimum atomic E-state index is 0.591. The van der Waals surface area contributed by atoms with Gasteiger partial charge in [-0.3, -0.25) is 0 Å². The van der Waals surface area contributed by atoms with Crippen LogP contribution in [-0.4, -0.2) is 0 Å². The van der Waals surface area contributed by atoms with Crippen LogP contribution >= 0.6 is 0 Å². The number of hydrogen-bond donors (Lipinski definition) is 0. The third kappa shape index (κ3) is 6.81. The summed E-state index contributed by atoms with van der Waals surface area (Å²) in [6, 6.07) is 21.4. The van der Waals surface area contributed by atoms with Crippen LogP contribution in [0.25, 0.3) is 0 Å². The lowest BCUT2D eigenvalue weighted by molar-refractivity contribution is 0.759. The van der Waals surface area contributed by atoms with E-state index in [-0.39, 0.29) is 0 Å². The standard InChI is InChI=1S/C15H16.2C2H6/c1-13(15-10-6-3-7-11-15)12-14-8-4-2-5-9-14;2*1-2/h2-11,13H,12H2,1H3;2*1-2H3. The summed E-state index contributed by atoms with van der Waals surface area (Å²) >= 11 is 0. The Morgan fingerprint density at radius 2 is 1.11 bits per heavy atom. The van der Waals surface area contributed by atoms with Gasteiger partial charge < -0.3 is 0 Å². The van der Waals surface area contributed by atoms with E-state index in [1.165, 1.54) is 11.1 Å². The van der Waals surface area contributed by atoms with E-state index < -0.39 is 0 Å². The molecule has 0 spiro atoms. The summed E-state index contributed by atoms with van der Waals surface area (Å²) in [4.78, 5) is 0. The van der Waals surface area contributed by atoms with Crippen molar-refractivity contribution in [3.63, 3.8) is 0 Å². The molecule has 2 aromatic carbocycles. The van der Waals surface area contributed by atoms with E-state index in [9.17, 15) is 0 Å². The van der Waals surface area contributed by atoms with Crippen LogP contribution in [0.15, 0.2) is 60.7 Å². The van der Waals surface area contributed by atoms with Crippen molar-refractivity contribution in [2.24, 2.45) is 0 Å². The van der Waals surface area contributed by atoms with E-state index in [0.717, 1.165) is 6.42 Å². The van der Waals surface area contributed by atoms with Crippen molar-refractivity contribution in [3.8, 4) is 0 Å². The van der Waals surface area contributed by atoms with Gasteiger partial charge in [-0.25, -0.2) is 0 Å². The highest BCUT2D eigenvalue weighted by molar-refractivity contribution is 5.23. The largest absolute Gasteiger partial charge is 0.0683 e. The summed E-state index contributed by atoms with van der Waals surface area (Å²) in [6.07, 6.45) is 1.12. The molecule has 0 aliphatic heterocycles. The van der Waals surface area contributed by atoms with Crippen LogP contribution in [0.3, 0.4) is 0 Å². The Morgan fingerprint density at radius 3 is 1.58 bits per heavy atom. The van der Waals surface area contributed by atoms with Gasteiger partial charge in [0.1, 0.15) is 0 Å². The van der Waals surface area contributed by atoms with Gasteiger partial charge in [0.05, 0.1) is 0 Å². The van der Waals surface area contributed by atoms with Crippen LogP contribution in [0.4, 0.5) is 0 Å². The molecule has 0 nitrogen and oxygen atoms in total.